The number of alkyl halides is 1. The molecule has 0 aliphatic carbocycles. The number of amides is 3. The van der Waals surface area contributed by atoms with Crippen molar-refractivity contribution in [2.75, 3.05) is 5.88 Å². The van der Waals surface area contributed by atoms with Gasteiger partial charge in [0.25, 0.3) is 17.7 Å². The third-order valence-electron chi connectivity index (χ3n) is 2.15. The lowest BCUT2D eigenvalue weighted by atomic mass is 10.1. The van der Waals surface area contributed by atoms with Gasteiger partial charge in [0.15, 0.2) is 0 Å². The van der Waals surface area contributed by atoms with E-state index in [1.807, 2.05) is 0 Å². The summed E-state index contributed by atoms with van der Waals surface area (Å²) in [6, 6.07) is 6.36. The fourth-order valence-electron chi connectivity index (χ4n) is 1.45. The number of nitrogens with zero attached hydrogens (tertiary/aromatic N) is 1. The summed E-state index contributed by atoms with van der Waals surface area (Å²) >= 11 is 5.28. The largest absolute Gasteiger partial charge is 0.280 e. The summed E-state index contributed by atoms with van der Waals surface area (Å²) in [5.74, 6) is -2.00. The third-order valence-corrected chi connectivity index (χ3v) is 2.39. The topological polar surface area (TPSA) is 66.5 Å². The molecule has 0 aromatic heterocycles. The lowest BCUT2D eigenvalue weighted by Gasteiger charge is -2.13. The van der Waals surface area contributed by atoms with Gasteiger partial charge in [-0.1, -0.05) is 12.1 Å². The van der Waals surface area contributed by atoms with E-state index in [-0.39, 0.29) is 17.0 Å². The van der Waals surface area contributed by atoms with Crippen LogP contribution in [0.25, 0.3) is 0 Å². The molecule has 1 aliphatic rings. The molecule has 0 saturated carbocycles. The van der Waals surface area contributed by atoms with Gasteiger partial charge in [0.05, 0.1) is 11.1 Å². The second-order valence-electron chi connectivity index (χ2n) is 3.16. The molecule has 6 heteroatoms. The second kappa shape index (κ2) is 3.94. The molecule has 1 aliphatic heterocycles. The Morgan fingerprint density at radius 2 is 1.69 bits per heavy atom. The third kappa shape index (κ3) is 1.55. The number of benzene rings is 1. The number of carbonyl (C=O) groups is 3. The maximum absolute atomic E-state index is 11.7. The molecule has 5 nitrogen and oxygen atoms in total. The van der Waals surface area contributed by atoms with E-state index in [0.717, 1.165) is 0 Å². The minimum Gasteiger partial charge on any atom is -0.272 e. The van der Waals surface area contributed by atoms with Gasteiger partial charge < -0.3 is 0 Å². The van der Waals surface area contributed by atoms with Crippen LogP contribution in [0, 0.1) is 0 Å². The minimum absolute atomic E-state index is 0.280. The molecule has 82 valence electrons. The van der Waals surface area contributed by atoms with Crippen molar-refractivity contribution in [2.45, 2.75) is 0 Å². The first kappa shape index (κ1) is 10.6. The summed E-state index contributed by atoms with van der Waals surface area (Å²) in [6.45, 7) is 0. The zero-order valence-corrected chi connectivity index (χ0v) is 8.82. The number of hydrogen-bond donors (Lipinski definition) is 1. The Kier molecular flexibility index (Phi) is 2.62. The van der Waals surface area contributed by atoms with Gasteiger partial charge in [-0.2, -0.15) is 5.01 Å². The summed E-state index contributed by atoms with van der Waals surface area (Å²) in [6.07, 6.45) is 0. The molecule has 0 radical (unpaired) electrons. The molecular formula is C10H7ClN2O3. The number of hydrazine groups is 1. The Morgan fingerprint density at radius 3 is 2.12 bits per heavy atom. The van der Waals surface area contributed by atoms with Crippen molar-refractivity contribution < 1.29 is 14.4 Å². The van der Waals surface area contributed by atoms with Crippen LogP contribution >= 0.6 is 11.6 Å². The minimum atomic E-state index is -0.601. The predicted octanol–water partition coefficient (Wildman–Crippen LogP) is 0.553. The van der Waals surface area contributed by atoms with E-state index in [0.29, 0.717) is 5.01 Å². The van der Waals surface area contributed by atoms with Crippen LogP contribution in [0.3, 0.4) is 0 Å². The highest BCUT2D eigenvalue weighted by atomic mass is 35.5. The average Bonchev–Trinajstić information content (AvgIpc) is 2.55. The SMILES string of the molecule is O=C(CCl)NN1C(=O)c2ccccc2C1=O. The average molecular weight is 239 g/mol. The van der Waals surface area contributed by atoms with Gasteiger partial charge in [0.1, 0.15) is 5.88 Å². The molecule has 0 bridgehead atoms. The number of carbonyl (C=O) groups excluding carboxylic acids is 3. The Balaban J connectivity index is 2.32. The Bertz CT molecular complexity index is 452. The number of hydrogen-bond acceptors (Lipinski definition) is 3. The monoisotopic (exact) mass is 238 g/mol. The molecule has 1 aromatic rings. The maximum atomic E-state index is 11.7. The van der Waals surface area contributed by atoms with Crippen LogP contribution in [0.1, 0.15) is 20.7 Å². The first-order valence-electron chi connectivity index (χ1n) is 4.48. The van der Waals surface area contributed by atoms with Gasteiger partial charge in [0.2, 0.25) is 0 Å². The fraction of sp³-hybridized carbons (Fsp3) is 0.100. The maximum Gasteiger partial charge on any atom is 0.280 e. The summed E-state index contributed by atoms with van der Waals surface area (Å²) in [5, 5.41) is 0.676. The molecule has 0 unspecified atom stereocenters. The highest BCUT2D eigenvalue weighted by Crippen LogP contribution is 2.20. The van der Waals surface area contributed by atoms with E-state index in [1.165, 1.54) is 12.1 Å². The molecule has 1 heterocycles. The van der Waals surface area contributed by atoms with Crippen molar-refractivity contribution in [3.63, 3.8) is 0 Å². The fourth-order valence-corrected chi connectivity index (χ4v) is 1.51. The molecule has 0 fully saturated rings. The first-order valence-corrected chi connectivity index (χ1v) is 5.02. The van der Waals surface area contributed by atoms with Crippen LogP contribution in [-0.4, -0.2) is 28.6 Å². The van der Waals surface area contributed by atoms with E-state index >= 15 is 0 Å². The van der Waals surface area contributed by atoms with Crippen LogP contribution in [0.4, 0.5) is 0 Å². The highest BCUT2D eigenvalue weighted by Gasteiger charge is 2.36. The van der Waals surface area contributed by atoms with Crippen LogP contribution < -0.4 is 5.43 Å². The summed E-state index contributed by atoms with van der Waals surface area (Å²) < 4.78 is 0. The Labute approximate surface area is 96.0 Å². The van der Waals surface area contributed by atoms with Crippen LogP contribution in [0.2, 0.25) is 0 Å². The normalized spacial score (nSPS) is 13.9. The zero-order valence-electron chi connectivity index (χ0n) is 8.07. The Hall–Kier alpha value is -1.88. The quantitative estimate of drug-likeness (QED) is 0.605. The van der Waals surface area contributed by atoms with Gasteiger partial charge in [-0.05, 0) is 12.1 Å². The van der Waals surface area contributed by atoms with Gasteiger partial charge in [-0.15, -0.1) is 11.6 Å². The van der Waals surface area contributed by atoms with Crippen molar-refractivity contribution in [3.05, 3.63) is 35.4 Å². The highest BCUT2D eigenvalue weighted by molar-refractivity contribution is 6.28. The molecule has 0 atom stereocenters. The number of halogens is 1. The van der Waals surface area contributed by atoms with E-state index in [4.69, 9.17) is 11.6 Å². The number of imide groups is 1. The molecule has 2 rings (SSSR count). The Morgan fingerprint density at radius 1 is 1.19 bits per heavy atom. The molecule has 0 saturated heterocycles. The lowest BCUT2D eigenvalue weighted by molar-refractivity contribution is -0.121. The number of nitrogens with one attached hydrogen (secondary N) is 1. The van der Waals surface area contributed by atoms with Gasteiger partial charge in [-0.25, -0.2) is 0 Å². The number of rotatable bonds is 2. The second-order valence-corrected chi connectivity index (χ2v) is 3.43. The van der Waals surface area contributed by atoms with Crippen molar-refractivity contribution in [3.8, 4) is 0 Å². The molecule has 16 heavy (non-hydrogen) atoms. The molecule has 1 aromatic carbocycles. The van der Waals surface area contributed by atoms with E-state index in [1.54, 1.807) is 12.1 Å². The molecular weight excluding hydrogens is 232 g/mol. The van der Waals surface area contributed by atoms with Crippen LogP contribution in [0.15, 0.2) is 24.3 Å². The lowest BCUT2D eigenvalue weighted by Crippen LogP contribution is -2.46. The molecule has 0 spiro atoms. The van der Waals surface area contributed by atoms with Crippen molar-refractivity contribution >= 4 is 29.3 Å². The van der Waals surface area contributed by atoms with Gasteiger partial charge in [0, 0.05) is 0 Å². The van der Waals surface area contributed by atoms with E-state index < -0.39 is 17.7 Å². The van der Waals surface area contributed by atoms with Gasteiger partial charge in [-0.3, -0.25) is 19.8 Å². The van der Waals surface area contributed by atoms with Crippen molar-refractivity contribution in [2.24, 2.45) is 0 Å². The molecule has 1 N–H and O–H groups in total. The summed E-state index contributed by atoms with van der Waals surface area (Å²) in [5.41, 5.74) is 2.70. The van der Waals surface area contributed by atoms with Gasteiger partial charge >= 0.3 is 0 Å². The standard InChI is InChI=1S/C10H7ClN2O3/c11-5-8(14)12-13-9(15)6-3-1-2-4-7(6)10(13)16/h1-4H,5H2,(H,12,14). The van der Waals surface area contributed by atoms with Crippen LogP contribution in [0.5, 0.6) is 0 Å². The zero-order chi connectivity index (χ0) is 11.7. The summed E-state index contributed by atoms with van der Waals surface area (Å²) in [4.78, 5) is 34.4. The predicted molar refractivity (Wildman–Crippen MR) is 55.8 cm³/mol. The van der Waals surface area contributed by atoms with Crippen molar-refractivity contribution in [1.29, 1.82) is 0 Å². The number of fused-ring (bicyclic) bond motifs is 1. The van der Waals surface area contributed by atoms with E-state index in [9.17, 15) is 14.4 Å². The smallest absolute Gasteiger partial charge is 0.272 e. The first-order chi connectivity index (χ1) is 7.65. The van der Waals surface area contributed by atoms with Crippen molar-refractivity contribution in [1.82, 2.24) is 10.4 Å². The van der Waals surface area contributed by atoms with E-state index in [2.05, 4.69) is 5.43 Å². The summed E-state index contributed by atoms with van der Waals surface area (Å²) in [7, 11) is 0. The molecule has 3 amide bonds. The van der Waals surface area contributed by atoms with Crippen LogP contribution in [-0.2, 0) is 4.79 Å².